The Morgan fingerprint density at radius 1 is 0.923 bits per heavy atom. The SMILES string of the molecule is CCNc1nnc(-c2sc(-c3ccc(-c4ccccc4)cc3)nc2C)o1. The summed E-state index contributed by atoms with van der Waals surface area (Å²) in [6.07, 6.45) is 0. The Kier molecular flexibility index (Phi) is 4.50. The maximum absolute atomic E-state index is 5.65. The van der Waals surface area contributed by atoms with Gasteiger partial charge in [0.25, 0.3) is 5.89 Å². The molecule has 0 unspecified atom stereocenters. The molecule has 0 amide bonds. The normalized spacial score (nSPS) is 10.8. The maximum Gasteiger partial charge on any atom is 0.315 e. The average molecular weight is 362 g/mol. The molecule has 4 aromatic rings. The van der Waals surface area contributed by atoms with Gasteiger partial charge in [-0.25, -0.2) is 4.98 Å². The summed E-state index contributed by atoms with van der Waals surface area (Å²) in [7, 11) is 0. The summed E-state index contributed by atoms with van der Waals surface area (Å²) < 4.78 is 5.65. The second-order valence-corrected chi connectivity index (χ2v) is 6.82. The van der Waals surface area contributed by atoms with Crippen LogP contribution < -0.4 is 5.32 Å². The van der Waals surface area contributed by atoms with E-state index in [1.807, 2.05) is 32.0 Å². The number of nitrogens with one attached hydrogen (secondary N) is 1. The van der Waals surface area contributed by atoms with Crippen molar-refractivity contribution in [1.82, 2.24) is 15.2 Å². The van der Waals surface area contributed by atoms with Crippen LogP contribution in [-0.2, 0) is 0 Å². The van der Waals surface area contributed by atoms with Crippen LogP contribution in [0.25, 0.3) is 32.5 Å². The van der Waals surface area contributed by atoms with Gasteiger partial charge in [-0.1, -0.05) is 59.7 Å². The number of nitrogens with zero attached hydrogens (tertiary/aromatic N) is 3. The lowest BCUT2D eigenvalue weighted by Gasteiger charge is -2.02. The van der Waals surface area contributed by atoms with Crippen LogP contribution >= 0.6 is 11.3 Å². The van der Waals surface area contributed by atoms with Crippen LogP contribution in [0, 0.1) is 6.92 Å². The third-order valence-electron chi connectivity index (χ3n) is 3.98. The third-order valence-corrected chi connectivity index (χ3v) is 5.18. The zero-order valence-corrected chi connectivity index (χ0v) is 15.4. The lowest BCUT2D eigenvalue weighted by Crippen LogP contribution is -1.95. The Balaban J connectivity index is 1.62. The fraction of sp³-hybridized carbons (Fsp3) is 0.150. The van der Waals surface area contributed by atoms with E-state index in [9.17, 15) is 0 Å². The molecular formula is C20H18N4OS. The molecule has 26 heavy (non-hydrogen) atoms. The molecule has 0 saturated carbocycles. The molecule has 0 aliphatic rings. The molecule has 2 aromatic carbocycles. The number of anilines is 1. The van der Waals surface area contributed by atoms with Gasteiger partial charge < -0.3 is 9.73 Å². The molecule has 6 heteroatoms. The van der Waals surface area contributed by atoms with E-state index in [0.29, 0.717) is 11.9 Å². The van der Waals surface area contributed by atoms with Crippen molar-refractivity contribution in [2.24, 2.45) is 0 Å². The minimum atomic E-state index is 0.434. The van der Waals surface area contributed by atoms with Crippen LogP contribution in [0.3, 0.4) is 0 Å². The molecule has 0 bridgehead atoms. The van der Waals surface area contributed by atoms with Gasteiger partial charge in [-0.3, -0.25) is 0 Å². The predicted molar refractivity (Wildman–Crippen MR) is 105 cm³/mol. The zero-order chi connectivity index (χ0) is 17.9. The second-order valence-electron chi connectivity index (χ2n) is 5.82. The predicted octanol–water partition coefficient (Wildman–Crippen LogP) is 5.27. The monoisotopic (exact) mass is 362 g/mol. The summed E-state index contributed by atoms with van der Waals surface area (Å²) in [6, 6.07) is 19.2. The minimum absolute atomic E-state index is 0.434. The van der Waals surface area contributed by atoms with Crippen molar-refractivity contribution in [2.45, 2.75) is 13.8 Å². The molecule has 0 fully saturated rings. The molecule has 0 spiro atoms. The highest BCUT2D eigenvalue weighted by Gasteiger charge is 2.17. The quantitative estimate of drug-likeness (QED) is 0.524. The summed E-state index contributed by atoms with van der Waals surface area (Å²) >= 11 is 1.56. The summed E-state index contributed by atoms with van der Waals surface area (Å²) in [5.74, 6) is 0.503. The summed E-state index contributed by atoms with van der Waals surface area (Å²) in [6.45, 7) is 4.69. The van der Waals surface area contributed by atoms with Crippen molar-refractivity contribution >= 4 is 17.4 Å². The standard InChI is InChI=1S/C20H18N4OS/c1-3-21-20-24-23-18(25-20)17-13(2)22-19(26-17)16-11-9-15(10-12-16)14-7-5-4-6-8-14/h4-12H,3H2,1-2H3,(H,21,24). The van der Waals surface area contributed by atoms with Gasteiger partial charge in [-0.05, 0) is 25.0 Å². The summed E-state index contributed by atoms with van der Waals surface area (Å²) in [5, 5.41) is 12.1. The van der Waals surface area contributed by atoms with E-state index in [0.717, 1.165) is 27.7 Å². The van der Waals surface area contributed by atoms with Crippen LogP contribution in [-0.4, -0.2) is 21.7 Å². The Labute approximate surface area is 155 Å². The molecule has 0 radical (unpaired) electrons. The Bertz CT molecular complexity index is 1010. The number of thiazole rings is 1. The topological polar surface area (TPSA) is 63.8 Å². The van der Waals surface area contributed by atoms with E-state index in [4.69, 9.17) is 4.42 Å². The van der Waals surface area contributed by atoms with Gasteiger partial charge in [-0.15, -0.1) is 16.4 Å². The van der Waals surface area contributed by atoms with Crippen LogP contribution in [0.1, 0.15) is 12.6 Å². The van der Waals surface area contributed by atoms with Gasteiger partial charge >= 0.3 is 6.01 Å². The van der Waals surface area contributed by atoms with Crippen molar-refractivity contribution in [3.63, 3.8) is 0 Å². The number of aryl methyl sites for hydroxylation is 1. The fourth-order valence-electron chi connectivity index (χ4n) is 2.69. The largest absolute Gasteiger partial charge is 0.402 e. The van der Waals surface area contributed by atoms with Gasteiger partial charge in [0.1, 0.15) is 9.88 Å². The molecule has 0 atom stereocenters. The molecule has 0 saturated heterocycles. The number of rotatable bonds is 5. The lowest BCUT2D eigenvalue weighted by atomic mass is 10.0. The van der Waals surface area contributed by atoms with E-state index in [-0.39, 0.29) is 0 Å². The number of benzene rings is 2. The number of aromatic nitrogens is 3. The molecule has 2 aromatic heterocycles. The first kappa shape index (κ1) is 16.5. The second kappa shape index (κ2) is 7.09. The molecule has 0 aliphatic carbocycles. The van der Waals surface area contributed by atoms with Crippen molar-refractivity contribution < 1.29 is 4.42 Å². The summed E-state index contributed by atoms with van der Waals surface area (Å²) in [4.78, 5) is 5.59. The lowest BCUT2D eigenvalue weighted by molar-refractivity contribution is 0.583. The van der Waals surface area contributed by atoms with Gasteiger partial charge in [0.15, 0.2) is 0 Å². The smallest absolute Gasteiger partial charge is 0.315 e. The Hall–Kier alpha value is -2.99. The Morgan fingerprint density at radius 2 is 1.62 bits per heavy atom. The van der Waals surface area contributed by atoms with Gasteiger partial charge in [0.2, 0.25) is 0 Å². The van der Waals surface area contributed by atoms with Crippen molar-refractivity contribution in [2.75, 3.05) is 11.9 Å². The van der Waals surface area contributed by atoms with Crippen LogP contribution in [0.4, 0.5) is 6.01 Å². The molecule has 130 valence electrons. The van der Waals surface area contributed by atoms with Crippen molar-refractivity contribution in [1.29, 1.82) is 0 Å². The van der Waals surface area contributed by atoms with Crippen molar-refractivity contribution in [3.8, 4) is 32.5 Å². The number of hydrogen-bond acceptors (Lipinski definition) is 6. The van der Waals surface area contributed by atoms with Crippen LogP contribution in [0.15, 0.2) is 59.0 Å². The third kappa shape index (κ3) is 3.23. The first-order valence-corrected chi connectivity index (χ1v) is 9.27. The fourth-order valence-corrected chi connectivity index (χ4v) is 3.68. The van der Waals surface area contributed by atoms with E-state index >= 15 is 0 Å². The Morgan fingerprint density at radius 3 is 2.35 bits per heavy atom. The minimum Gasteiger partial charge on any atom is -0.402 e. The first-order valence-electron chi connectivity index (χ1n) is 8.45. The summed E-state index contributed by atoms with van der Waals surface area (Å²) in [5.41, 5.74) is 4.37. The highest BCUT2D eigenvalue weighted by Crippen LogP contribution is 2.35. The van der Waals surface area contributed by atoms with Crippen LogP contribution in [0.5, 0.6) is 0 Å². The zero-order valence-electron chi connectivity index (χ0n) is 14.6. The molecule has 5 nitrogen and oxygen atoms in total. The van der Waals surface area contributed by atoms with Crippen molar-refractivity contribution in [3.05, 3.63) is 60.3 Å². The highest BCUT2D eigenvalue weighted by molar-refractivity contribution is 7.18. The number of hydrogen-bond donors (Lipinski definition) is 1. The van der Waals surface area contributed by atoms with E-state index < -0.39 is 0 Å². The van der Waals surface area contributed by atoms with Gasteiger partial charge in [0, 0.05) is 12.1 Å². The highest BCUT2D eigenvalue weighted by atomic mass is 32.1. The molecule has 4 rings (SSSR count). The molecule has 2 heterocycles. The molecule has 1 N–H and O–H groups in total. The van der Waals surface area contributed by atoms with E-state index in [2.05, 4.69) is 56.9 Å². The maximum atomic E-state index is 5.65. The molecular weight excluding hydrogens is 344 g/mol. The van der Waals surface area contributed by atoms with Gasteiger partial charge in [-0.2, -0.15) is 0 Å². The van der Waals surface area contributed by atoms with E-state index in [1.165, 1.54) is 11.1 Å². The first-order chi connectivity index (χ1) is 12.7. The van der Waals surface area contributed by atoms with Crippen LogP contribution in [0.2, 0.25) is 0 Å². The average Bonchev–Trinajstić information content (AvgIpc) is 3.29. The molecule has 0 aliphatic heterocycles. The van der Waals surface area contributed by atoms with E-state index in [1.54, 1.807) is 11.3 Å². The van der Waals surface area contributed by atoms with Gasteiger partial charge in [0.05, 0.1) is 5.69 Å².